The zero-order valence-electron chi connectivity index (χ0n) is 8.96. The summed E-state index contributed by atoms with van der Waals surface area (Å²) in [7, 11) is 0. The maximum atomic E-state index is 12.1. The second kappa shape index (κ2) is 4.18. The minimum Gasteiger partial charge on any atom is -0.288 e. The molecule has 2 aromatic rings. The summed E-state index contributed by atoms with van der Waals surface area (Å²) < 4.78 is 0. The molecule has 0 fully saturated rings. The Balaban J connectivity index is 2.00. The molecule has 3 heteroatoms. The van der Waals surface area contributed by atoms with Crippen molar-refractivity contribution in [2.24, 2.45) is 0 Å². The SMILES string of the molecule is O=C1/C(=C/c2ccncc2)Sc2ccccc21. The number of fused-ring (bicyclic) bond motifs is 1. The van der Waals surface area contributed by atoms with Crippen LogP contribution < -0.4 is 0 Å². The third kappa shape index (κ3) is 1.89. The van der Waals surface area contributed by atoms with Gasteiger partial charge in [0, 0.05) is 22.9 Å². The fourth-order valence-corrected chi connectivity index (χ4v) is 2.80. The second-order valence-corrected chi connectivity index (χ2v) is 4.80. The van der Waals surface area contributed by atoms with E-state index in [4.69, 9.17) is 0 Å². The highest BCUT2D eigenvalue weighted by molar-refractivity contribution is 8.04. The van der Waals surface area contributed by atoms with Crippen LogP contribution in [0.1, 0.15) is 15.9 Å². The summed E-state index contributed by atoms with van der Waals surface area (Å²) in [5, 5.41) is 0. The number of carbonyl (C=O) groups is 1. The first-order chi connectivity index (χ1) is 8.34. The molecule has 1 aromatic carbocycles. The van der Waals surface area contributed by atoms with Gasteiger partial charge in [-0.25, -0.2) is 0 Å². The van der Waals surface area contributed by atoms with Crippen LogP contribution in [-0.4, -0.2) is 10.8 Å². The number of ketones is 1. The Morgan fingerprint density at radius 2 is 1.82 bits per heavy atom. The molecule has 3 rings (SSSR count). The monoisotopic (exact) mass is 239 g/mol. The van der Waals surface area contributed by atoms with Gasteiger partial charge in [-0.05, 0) is 35.9 Å². The Bertz CT molecular complexity index is 605. The van der Waals surface area contributed by atoms with Gasteiger partial charge >= 0.3 is 0 Å². The number of Topliss-reactive ketones (excluding diaryl/α,β-unsaturated/α-hetero) is 1. The van der Waals surface area contributed by atoms with E-state index in [2.05, 4.69) is 4.98 Å². The number of pyridine rings is 1. The summed E-state index contributed by atoms with van der Waals surface area (Å²) >= 11 is 1.53. The second-order valence-electron chi connectivity index (χ2n) is 3.72. The summed E-state index contributed by atoms with van der Waals surface area (Å²) in [5.74, 6) is 0.113. The number of hydrogen-bond donors (Lipinski definition) is 0. The molecule has 2 nitrogen and oxygen atoms in total. The molecule has 0 aliphatic carbocycles. The zero-order chi connectivity index (χ0) is 11.7. The van der Waals surface area contributed by atoms with Crippen LogP contribution in [0.25, 0.3) is 6.08 Å². The summed E-state index contributed by atoms with van der Waals surface area (Å²) in [6.07, 6.45) is 5.36. The molecule has 0 saturated heterocycles. The highest BCUT2D eigenvalue weighted by Crippen LogP contribution is 2.40. The molecule has 2 heterocycles. The van der Waals surface area contributed by atoms with Gasteiger partial charge in [0.15, 0.2) is 0 Å². The average molecular weight is 239 g/mol. The van der Waals surface area contributed by atoms with Crippen LogP contribution >= 0.6 is 11.8 Å². The number of allylic oxidation sites excluding steroid dienone is 1. The van der Waals surface area contributed by atoms with Crippen molar-refractivity contribution in [2.75, 3.05) is 0 Å². The minimum atomic E-state index is 0.113. The highest BCUT2D eigenvalue weighted by Gasteiger charge is 2.24. The van der Waals surface area contributed by atoms with E-state index < -0.39 is 0 Å². The number of carbonyl (C=O) groups excluding carboxylic acids is 1. The Morgan fingerprint density at radius 3 is 2.59 bits per heavy atom. The van der Waals surface area contributed by atoms with Crippen molar-refractivity contribution in [3.63, 3.8) is 0 Å². The number of benzene rings is 1. The third-order valence-electron chi connectivity index (χ3n) is 2.58. The fourth-order valence-electron chi connectivity index (χ4n) is 1.75. The van der Waals surface area contributed by atoms with Gasteiger partial charge in [-0.15, -0.1) is 0 Å². The van der Waals surface area contributed by atoms with E-state index in [1.165, 1.54) is 11.8 Å². The maximum absolute atomic E-state index is 12.1. The van der Waals surface area contributed by atoms with Gasteiger partial charge in [-0.1, -0.05) is 23.9 Å². The van der Waals surface area contributed by atoms with Crippen molar-refractivity contribution < 1.29 is 4.79 Å². The lowest BCUT2D eigenvalue weighted by atomic mass is 10.1. The normalized spacial score (nSPS) is 16.2. The molecule has 0 atom stereocenters. The van der Waals surface area contributed by atoms with Gasteiger partial charge in [0.25, 0.3) is 0 Å². The first-order valence-electron chi connectivity index (χ1n) is 5.28. The van der Waals surface area contributed by atoms with Crippen LogP contribution in [-0.2, 0) is 0 Å². The smallest absolute Gasteiger partial charge is 0.200 e. The molecule has 0 spiro atoms. The quantitative estimate of drug-likeness (QED) is 0.714. The van der Waals surface area contributed by atoms with E-state index in [0.29, 0.717) is 0 Å². The van der Waals surface area contributed by atoms with Crippen molar-refractivity contribution in [1.29, 1.82) is 0 Å². The number of thioether (sulfide) groups is 1. The lowest BCUT2D eigenvalue weighted by molar-refractivity contribution is 0.104. The van der Waals surface area contributed by atoms with E-state index >= 15 is 0 Å². The van der Waals surface area contributed by atoms with Crippen molar-refractivity contribution in [3.8, 4) is 0 Å². The standard InChI is InChI=1S/C14H9NOS/c16-14-11-3-1-2-4-12(11)17-13(14)9-10-5-7-15-8-6-10/h1-9H/b13-9-. The van der Waals surface area contributed by atoms with E-state index in [-0.39, 0.29) is 5.78 Å². The van der Waals surface area contributed by atoms with Crippen LogP contribution in [0, 0.1) is 0 Å². The van der Waals surface area contributed by atoms with Crippen LogP contribution in [0.3, 0.4) is 0 Å². The van der Waals surface area contributed by atoms with Crippen LogP contribution in [0.2, 0.25) is 0 Å². The molecule has 0 bridgehead atoms. The molecule has 0 amide bonds. The van der Waals surface area contributed by atoms with Gasteiger partial charge in [0.1, 0.15) is 0 Å². The third-order valence-corrected chi connectivity index (χ3v) is 3.68. The summed E-state index contributed by atoms with van der Waals surface area (Å²) in [6, 6.07) is 11.5. The molecule has 0 radical (unpaired) electrons. The van der Waals surface area contributed by atoms with E-state index in [1.807, 2.05) is 42.5 Å². The number of hydrogen-bond acceptors (Lipinski definition) is 3. The van der Waals surface area contributed by atoms with Crippen LogP contribution in [0.15, 0.2) is 58.6 Å². The molecule has 0 N–H and O–H groups in total. The summed E-state index contributed by atoms with van der Waals surface area (Å²) in [6.45, 7) is 0. The molecule has 0 saturated carbocycles. The molecule has 17 heavy (non-hydrogen) atoms. The van der Waals surface area contributed by atoms with Crippen molar-refractivity contribution in [3.05, 3.63) is 64.8 Å². The highest BCUT2D eigenvalue weighted by atomic mass is 32.2. The number of nitrogens with zero attached hydrogens (tertiary/aromatic N) is 1. The molecule has 1 aromatic heterocycles. The van der Waals surface area contributed by atoms with Crippen molar-refractivity contribution in [1.82, 2.24) is 4.98 Å². The topological polar surface area (TPSA) is 30.0 Å². The Kier molecular flexibility index (Phi) is 2.53. The zero-order valence-corrected chi connectivity index (χ0v) is 9.78. The lowest BCUT2D eigenvalue weighted by Crippen LogP contribution is -1.93. The summed E-state index contributed by atoms with van der Waals surface area (Å²) in [4.78, 5) is 17.9. The van der Waals surface area contributed by atoms with Gasteiger partial charge < -0.3 is 0 Å². The Morgan fingerprint density at radius 1 is 1.06 bits per heavy atom. The van der Waals surface area contributed by atoms with Gasteiger partial charge in [0.2, 0.25) is 5.78 Å². The van der Waals surface area contributed by atoms with E-state index in [0.717, 1.165) is 20.9 Å². The molecular formula is C14H9NOS. The predicted molar refractivity (Wildman–Crippen MR) is 68.8 cm³/mol. The summed E-state index contributed by atoms with van der Waals surface area (Å²) in [5.41, 5.74) is 1.81. The van der Waals surface area contributed by atoms with Crippen molar-refractivity contribution >= 4 is 23.6 Å². The lowest BCUT2D eigenvalue weighted by Gasteiger charge is -1.94. The average Bonchev–Trinajstić information content (AvgIpc) is 2.68. The molecular weight excluding hydrogens is 230 g/mol. The van der Waals surface area contributed by atoms with Gasteiger partial charge in [-0.3, -0.25) is 9.78 Å². The molecule has 82 valence electrons. The molecule has 1 aliphatic heterocycles. The van der Waals surface area contributed by atoms with Gasteiger partial charge in [0.05, 0.1) is 4.91 Å². The fraction of sp³-hybridized carbons (Fsp3) is 0. The van der Waals surface area contributed by atoms with Crippen LogP contribution in [0.4, 0.5) is 0 Å². The van der Waals surface area contributed by atoms with Gasteiger partial charge in [-0.2, -0.15) is 0 Å². The van der Waals surface area contributed by atoms with E-state index in [9.17, 15) is 4.79 Å². The molecule has 1 aliphatic rings. The first-order valence-corrected chi connectivity index (χ1v) is 6.09. The van der Waals surface area contributed by atoms with Crippen molar-refractivity contribution in [2.45, 2.75) is 4.90 Å². The van der Waals surface area contributed by atoms with E-state index in [1.54, 1.807) is 12.4 Å². The molecule has 0 unspecified atom stereocenters. The predicted octanol–water partition coefficient (Wildman–Crippen LogP) is 3.41. The largest absolute Gasteiger partial charge is 0.288 e. The Labute approximate surface area is 103 Å². The number of aromatic nitrogens is 1. The first kappa shape index (κ1) is 10.3. The minimum absolute atomic E-state index is 0.113. The number of rotatable bonds is 1. The maximum Gasteiger partial charge on any atom is 0.200 e. The Hall–Kier alpha value is -1.87. The van der Waals surface area contributed by atoms with Crippen LogP contribution in [0.5, 0.6) is 0 Å².